The third-order valence-electron chi connectivity index (χ3n) is 5.75. The molecule has 0 saturated carbocycles. The van der Waals surface area contributed by atoms with E-state index in [0.29, 0.717) is 36.2 Å². The van der Waals surface area contributed by atoms with Gasteiger partial charge < -0.3 is 15.0 Å². The molecule has 4 rings (SSSR count). The van der Waals surface area contributed by atoms with Crippen molar-refractivity contribution in [3.05, 3.63) is 60.3 Å². The first-order valence-electron chi connectivity index (χ1n) is 10.9. The van der Waals surface area contributed by atoms with Gasteiger partial charge in [0.05, 0.1) is 10.5 Å². The highest BCUT2D eigenvalue weighted by Gasteiger charge is 2.31. The van der Waals surface area contributed by atoms with Gasteiger partial charge in [-0.3, -0.25) is 4.79 Å². The highest BCUT2D eigenvalue weighted by Crippen LogP contribution is 2.27. The van der Waals surface area contributed by atoms with Crippen molar-refractivity contribution in [3.8, 4) is 0 Å². The fraction of sp³-hybridized carbons (Fsp3) is 0.333. The molecule has 9 heteroatoms. The molecule has 2 heterocycles. The van der Waals surface area contributed by atoms with Crippen LogP contribution in [0.1, 0.15) is 30.6 Å². The molecule has 1 aliphatic rings. The minimum absolute atomic E-state index is 0.188. The predicted molar refractivity (Wildman–Crippen MR) is 125 cm³/mol. The number of aromatic amines is 1. The molecule has 0 radical (unpaired) electrons. The number of rotatable bonds is 6. The number of anilines is 1. The topological polar surface area (TPSA) is 109 Å². The number of sulfonamides is 1. The van der Waals surface area contributed by atoms with Gasteiger partial charge in [-0.05, 0) is 48.6 Å². The Hall–Kier alpha value is -3.17. The normalized spacial score (nSPS) is 19.3. The number of aromatic nitrogens is 1. The van der Waals surface area contributed by atoms with E-state index in [0.717, 1.165) is 17.3 Å². The summed E-state index contributed by atoms with van der Waals surface area (Å²) in [5, 5.41) is 3.34. The second kappa shape index (κ2) is 9.36. The lowest BCUT2D eigenvalue weighted by Crippen LogP contribution is -2.42. The van der Waals surface area contributed by atoms with Crippen LogP contribution in [-0.2, 0) is 19.6 Å². The number of carbonyl (C=O) groups is 2. The molecule has 0 spiro atoms. The largest absolute Gasteiger partial charge is 0.452 e. The molecule has 3 aromatic rings. The molecule has 2 N–H and O–H groups in total. The van der Waals surface area contributed by atoms with Crippen molar-refractivity contribution in [1.29, 1.82) is 0 Å². The molecule has 1 saturated heterocycles. The van der Waals surface area contributed by atoms with Crippen LogP contribution in [0.25, 0.3) is 10.9 Å². The van der Waals surface area contributed by atoms with Gasteiger partial charge in [-0.2, -0.15) is 4.31 Å². The second-order valence-corrected chi connectivity index (χ2v) is 10.6. The molecule has 1 amide bonds. The van der Waals surface area contributed by atoms with Gasteiger partial charge in [-0.15, -0.1) is 0 Å². The highest BCUT2D eigenvalue weighted by atomic mass is 32.2. The number of nitrogens with one attached hydrogen (secondary N) is 2. The minimum Gasteiger partial charge on any atom is -0.452 e. The molecule has 1 fully saturated rings. The number of H-pyrrole nitrogens is 1. The summed E-state index contributed by atoms with van der Waals surface area (Å²) >= 11 is 0. The summed E-state index contributed by atoms with van der Waals surface area (Å²) in [5.74, 6) is -0.491. The van der Waals surface area contributed by atoms with Gasteiger partial charge in [0.15, 0.2) is 6.61 Å². The van der Waals surface area contributed by atoms with Crippen LogP contribution in [0.4, 0.5) is 5.69 Å². The summed E-state index contributed by atoms with van der Waals surface area (Å²) in [6.45, 7) is 4.67. The van der Waals surface area contributed by atoms with E-state index < -0.39 is 28.5 Å². The highest BCUT2D eigenvalue weighted by molar-refractivity contribution is 7.89. The second-order valence-electron chi connectivity index (χ2n) is 8.66. The quantitative estimate of drug-likeness (QED) is 0.536. The van der Waals surface area contributed by atoms with E-state index in [-0.39, 0.29) is 4.90 Å². The van der Waals surface area contributed by atoms with Gasteiger partial charge in [0, 0.05) is 35.9 Å². The van der Waals surface area contributed by atoms with E-state index in [9.17, 15) is 18.0 Å². The summed E-state index contributed by atoms with van der Waals surface area (Å²) in [7, 11) is -3.59. The number of benzene rings is 2. The monoisotopic (exact) mass is 469 g/mol. The van der Waals surface area contributed by atoms with Crippen molar-refractivity contribution in [2.24, 2.45) is 11.8 Å². The first-order chi connectivity index (χ1) is 15.7. The molecule has 1 aliphatic heterocycles. The third-order valence-corrected chi connectivity index (χ3v) is 7.60. The molecule has 174 valence electrons. The van der Waals surface area contributed by atoms with E-state index in [1.807, 2.05) is 18.2 Å². The van der Waals surface area contributed by atoms with Crippen LogP contribution in [0.5, 0.6) is 0 Å². The zero-order valence-electron chi connectivity index (χ0n) is 18.6. The van der Waals surface area contributed by atoms with E-state index in [2.05, 4.69) is 24.1 Å². The molecule has 1 aromatic heterocycles. The van der Waals surface area contributed by atoms with Crippen LogP contribution in [0.15, 0.2) is 59.6 Å². The van der Waals surface area contributed by atoms with Crippen molar-refractivity contribution in [1.82, 2.24) is 9.29 Å². The maximum atomic E-state index is 13.0. The predicted octanol–water partition coefficient (Wildman–Crippen LogP) is 3.63. The van der Waals surface area contributed by atoms with Crippen LogP contribution < -0.4 is 5.32 Å². The Morgan fingerprint density at radius 1 is 1.06 bits per heavy atom. The van der Waals surface area contributed by atoms with Crippen molar-refractivity contribution >= 4 is 38.5 Å². The number of amides is 1. The first kappa shape index (κ1) is 23.0. The Balaban J connectivity index is 1.35. The van der Waals surface area contributed by atoms with Crippen LogP contribution in [0.3, 0.4) is 0 Å². The third kappa shape index (κ3) is 5.09. The van der Waals surface area contributed by atoms with E-state index >= 15 is 0 Å². The van der Waals surface area contributed by atoms with E-state index in [1.54, 1.807) is 12.3 Å². The number of hydrogen-bond donors (Lipinski definition) is 2. The Morgan fingerprint density at radius 3 is 2.42 bits per heavy atom. The van der Waals surface area contributed by atoms with Crippen molar-refractivity contribution in [3.63, 3.8) is 0 Å². The Bertz CT molecular complexity index is 1260. The molecule has 8 nitrogen and oxygen atoms in total. The van der Waals surface area contributed by atoms with Crippen LogP contribution >= 0.6 is 0 Å². The smallest absolute Gasteiger partial charge is 0.340 e. The van der Waals surface area contributed by atoms with Gasteiger partial charge in [0.25, 0.3) is 5.91 Å². The average molecular weight is 470 g/mol. The van der Waals surface area contributed by atoms with Gasteiger partial charge in [0.1, 0.15) is 0 Å². The molecule has 0 bridgehead atoms. The lowest BCUT2D eigenvalue weighted by molar-refractivity contribution is -0.119. The van der Waals surface area contributed by atoms with Crippen LogP contribution in [0, 0.1) is 11.8 Å². The maximum absolute atomic E-state index is 13.0. The van der Waals surface area contributed by atoms with Gasteiger partial charge >= 0.3 is 5.97 Å². The standard InChI is InChI=1S/C24H27N3O5S/c1-16-11-17(2)14-27(13-16)33(30,31)19-9-7-18(8-10-19)26-23(28)15-32-24(29)21-12-25-22-6-4-3-5-20(21)22/h3-10,12,16-17,25H,11,13-15H2,1-2H3,(H,26,28). The molecular weight excluding hydrogens is 442 g/mol. The fourth-order valence-electron chi connectivity index (χ4n) is 4.31. The SMILES string of the molecule is CC1CC(C)CN(S(=O)(=O)c2ccc(NC(=O)COC(=O)c3c[nH]c4ccccc34)cc2)C1. The summed E-state index contributed by atoms with van der Waals surface area (Å²) < 4.78 is 32.6. The van der Waals surface area contributed by atoms with E-state index in [1.165, 1.54) is 28.6 Å². The van der Waals surface area contributed by atoms with Gasteiger partial charge in [0.2, 0.25) is 10.0 Å². The summed E-state index contributed by atoms with van der Waals surface area (Å²) in [6.07, 6.45) is 2.57. The number of esters is 1. The average Bonchev–Trinajstić information content (AvgIpc) is 3.21. The summed E-state index contributed by atoms with van der Waals surface area (Å²) in [5.41, 5.74) is 1.58. The molecule has 2 atom stereocenters. The number of fused-ring (bicyclic) bond motifs is 1. The lowest BCUT2D eigenvalue weighted by Gasteiger charge is -2.34. The fourth-order valence-corrected chi connectivity index (χ4v) is 5.99. The lowest BCUT2D eigenvalue weighted by atomic mass is 9.94. The van der Waals surface area contributed by atoms with Crippen LogP contribution in [0.2, 0.25) is 0 Å². The molecular formula is C24H27N3O5S. The number of hydrogen-bond acceptors (Lipinski definition) is 5. The number of para-hydroxylation sites is 1. The van der Waals surface area contributed by atoms with Gasteiger partial charge in [-0.1, -0.05) is 32.0 Å². The first-order valence-corrected chi connectivity index (χ1v) is 12.3. The number of carbonyl (C=O) groups excluding carboxylic acids is 2. The zero-order valence-corrected chi connectivity index (χ0v) is 19.4. The molecule has 33 heavy (non-hydrogen) atoms. The Morgan fingerprint density at radius 2 is 1.73 bits per heavy atom. The van der Waals surface area contributed by atoms with Gasteiger partial charge in [-0.25, -0.2) is 13.2 Å². The maximum Gasteiger partial charge on any atom is 0.340 e. The molecule has 0 aliphatic carbocycles. The number of ether oxygens (including phenoxy) is 1. The molecule has 2 aromatic carbocycles. The Kier molecular flexibility index (Phi) is 6.53. The Labute approximate surface area is 193 Å². The summed E-state index contributed by atoms with van der Waals surface area (Å²) in [4.78, 5) is 27.7. The number of nitrogens with zero attached hydrogens (tertiary/aromatic N) is 1. The van der Waals surface area contributed by atoms with Crippen molar-refractivity contribution < 1.29 is 22.7 Å². The van der Waals surface area contributed by atoms with Crippen LogP contribution in [-0.4, -0.2) is 49.3 Å². The molecule has 2 unspecified atom stereocenters. The summed E-state index contributed by atoms with van der Waals surface area (Å²) in [6, 6.07) is 13.3. The van der Waals surface area contributed by atoms with Crippen molar-refractivity contribution in [2.45, 2.75) is 25.2 Å². The zero-order chi connectivity index (χ0) is 23.6. The minimum atomic E-state index is -3.59. The van der Waals surface area contributed by atoms with E-state index in [4.69, 9.17) is 4.74 Å². The van der Waals surface area contributed by atoms with Crippen molar-refractivity contribution in [2.75, 3.05) is 25.0 Å². The number of piperidine rings is 1.